The molecule has 1 aliphatic rings. The number of esters is 1. The highest BCUT2D eigenvalue weighted by Crippen LogP contribution is 2.35. The van der Waals surface area contributed by atoms with Crippen LogP contribution in [0.3, 0.4) is 0 Å². The zero-order valence-corrected chi connectivity index (χ0v) is 17.4. The van der Waals surface area contributed by atoms with Crippen LogP contribution in [0.2, 0.25) is 0 Å². The van der Waals surface area contributed by atoms with Crippen molar-refractivity contribution >= 4 is 11.9 Å². The van der Waals surface area contributed by atoms with E-state index in [0.717, 1.165) is 25.7 Å². The first-order valence-corrected chi connectivity index (χ1v) is 10.5. The lowest BCUT2D eigenvalue weighted by molar-refractivity contribution is -0.157. The Balaban J connectivity index is 2.58. The molecule has 1 aliphatic carbocycles. The molecule has 1 saturated carbocycles. The number of nitrogens with one attached hydrogen (secondary N) is 1. The highest BCUT2D eigenvalue weighted by molar-refractivity contribution is 5.79. The number of primary amides is 1. The molecule has 1 unspecified atom stereocenters. The fourth-order valence-corrected chi connectivity index (χ4v) is 4.14. The van der Waals surface area contributed by atoms with Gasteiger partial charge in [0.15, 0.2) is 0 Å². The maximum absolute atomic E-state index is 12.6. The average molecular weight is 369 g/mol. The largest absolute Gasteiger partial charge is 0.462 e. The predicted molar refractivity (Wildman–Crippen MR) is 106 cm³/mol. The normalized spacial score (nSPS) is 25.7. The summed E-state index contributed by atoms with van der Waals surface area (Å²) in [7, 11) is 0. The first-order valence-electron chi connectivity index (χ1n) is 10.5. The van der Waals surface area contributed by atoms with Gasteiger partial charge in [0.2, 0.25) is 5.91 Å². The molecule has 0 spiro atoms. The highest BCUT2D eigenvalue weighted by Gasteiger charge is 2.33. The first-order chi connectivity index (χ1) is 12.3. The van der Waals surface area contributed by atoms with E-state index < -0.39 is 0 Å². The molecule has 0 saturated heterocycles. The number of ether oxygens (including phenoxy) is 1. The molecule has 26 heavy (non-hydrogen) atoms. The Morgan fingerprint density at radius 2 is 1.92 bits per heavy atom. The molecular formula is C21H40N2O3. The molecule has 1 rings (SSSR count). The minimum absolute atomic E-state index is 0.0514. The maximum atomic E-state index is 12.6. The van der Waals surface area contributed by atoms with E-state index in [4.69, 9.17) is 10.5 Å². The molecule has 5 nitrogen and oxygen atoms in total. The summed E-state index contributed by atoms with van der Waals surface area (Å²) in [6.45, 7) is 11.4. The maximum Gasteiger partial charge on any atom is 0.306 e. The average Bonchev–Trinajstić information content (AvgIpc) is 2.54. The number of hydrogen-bond acceptors (Lipinski definition) is 4. The van der Waals surface area contributed by atoms with Crippen LogP contribution in [-0.4, -0.2) is 30.6 Å². The Morgan fingerprint density at radius 1 is 1.23 bits per heavy atom. The number of carbonyl (C=O) groups excluding carboxylic acids is 2. The highest BCUT2D eigenvalue weighted by atomic mass is 16.5. The summed E-state index contributed by atoms with van der Waals surface area (Å²) in [4.78, 5) is 24.0. The van der Waals surface area contributed by atoms with Crippen LogP contribution in [0, 0.1) is 23.7 Å². The van der Waals surface area contributed by atoms with Crippen molar-refractivity contribution in [2.24, 2.45) is 29.4 Å². The van der Waals surface area contributed by atoms with Gasteiger partial charge in [-0.25, -0.2) is 0 Å². The van der Waals surface area contributed by atoms with Gasteiger partial charge < -0.3 is 15.8 Å². The van der Waals surface area contributed by atoms with Crippen LogP contribution in [-0.2, 0) is 14.3 Å². The monoisotopic (exact) mass is 368 g/mol. The van der Waals surface area contributed by atoms with Crippen LogP contribution in [0.15, 0.2) is 0 Å². The van der Waals surface area contributed by atoms with Crippen LogP contribution in [0.1, 0.15) is 79.6 Å². The van der Waals surface area contributed by atoms with E-state index in [1.165, 1.54) is 6.42 Å². The van der Waals surface area contributed by atoms with Gasteiger partial charge in [0.25, 0.3) is 0 Å². The summed E-state index contributed by atoms with van der Waals surface area (Å²) in [5, 5.41) is 3.21. The van der Waals surface area contributed by atoms with Gasteiger partial charge in [0.1, 0.15) is 6.10 Å². The van der Waals surface area contributed by atoms with E-state index in [9.17, 15) is 9.59 Å². The van der Waals surface area contributed by atoms with E-state index in [-0.39, 0.29) is 29.9 Å². The lowest BCUT2D eigenvalue weighted by Gasteiger charge is -2.37. The summed E-state index contributed by atoms with van der Waals surface area (Å²) >= 11 is 0. The fraction of sp³-hybridized carbons (Fsp3) is 0.905. The Morgan fingerprint density at radius 3 is 2.46 bits per heavy atom. The van der Waals surface area contributed by atoms with Crippen LogP contribution in [0.25, 0.3) is 0 Å². The Bertz CT molecular complexity index is 439. The molecule has 0 aromatic carbocycles. The molecule has 5 atom stereocenters. The molecule has 0 aromatic heterocycles. The molecule has 5 heteroatoms. The molecule has 152 valence electrons. The summed E-state index contributed by atoms with van der Waals surface area (Å²) in [6, 6.07) is -0.324. The van der Waals surface area contributed by atoms with Gasteiger partial charge in [-0.3, -0.25) is 9.59 Å². The van der Waals surface area contributed by atoms with Gasteiger partial charge in [-0.2, -0.15) is 0 Å². The topological polar surface area (TPSA) is 81.4 Å². The van der Waals surface area contributed by atoms with Gasteiger partial charge in [0.05, 0.1) is 6.04 Å². The third kappa shape index (κ3) is 7.65. The zero-order chi connectivity index (χ0) is 19.7. The van der Waals surface area contributed by atoms with E-state index >= 15 is 0 Å². The van der Waals surface area contributed by atoms with Crippen LogP contribution < -0.4 is 11.1 Å². The molecule has 0 radical (unpaired) electrons. The van der Waals surface area contributed by atoms with Crippen molar-refractivity contribution in [3.8, 4) is 0 Å². The predicted octanol–water partition coefficient (Wildman–Crippen LogP) is 3.65. The second kappa shape index (κ2) is 11.6. The van der Waals surface area contributed by atoms with Gasteiger partial charge in [-0.05, 0) is 55.9 Å². The van der Waals surface area contributed by atoms with Crippen molar-refractivity contribution in [1.82, 2.24) is 5.32 Å². The van der Waals surface area contributed by atoms with Crippen molar-refractivity contribution in [2.45, 2.75) is 91.7 Å². The van der Waals surface area contributed by atoms with Crippen LogP contribution in [0.4, 0.5) is 0 Å². The van der Waals surface area contributed by atoms with E-state index in [0.29, 0.717) is 37.1 Å². The molecular weight excluding hydrogens is 328 g/mol. The Kier molecular flexibility index (Phi) is 10.2. The van der Waals surface area contributed by atoms with E-state index in [1.54, 1.807) is 0 Å². The van der Waals surface area contributed by atoms with Crippen molar-refractivity contribution in [3.05, 3.63) is 0 Å². The smallest absolute Gasteiger partial charge is 0.306 e. The van der Waals surface area contributed by atoms with Gasteiger partial charge in [-0.15, -0.1) is 0 Å². The molecule has 0 heterocycles. The summed E-state index contributed by atoms with van der Waals surface area (Å²) < 4.78 is 5.93. The number of carbonyl (C=O) groups is 2. The minimum Gasteiger partial charge on any atom is -0.462 e. The first kappa shape index (κ1) is 22.9. The number of rotatable bonds is 11. The Hall–Kier alpha value is -1.10. The summed E-state index contributed by atoms with van der Waals surface area (Å²) in [5.41, 5.74) is 5.40. The third-order valence-corrected chi connectivity index (χ3v) is 5.80. The van der Waals surface area contributed by atoms with Gasteiger partial charge >= 0.3 is 5.97 Å². The second-order valence-corrected chi connectivity index (χ2v) is 8.48. The lowest BCUT2D eigenvalue weighted by atomic mass is 9.75. The number of hydrogen-bond donors (Lipinski definition) is 2. The van der Waals surface area contributed by atoms with Gasteiger partial charge in [0, 0.05) is 6.42 Å². The van der Waals surface area contributed by atoms with Crippen LogP contribution in [0.5, 0.6) is 0 Å². The summed E-state index contributed by atoms with van der Waals surface area (Å²) in [6.07, 6.45) is 6.41. The van der Waals surface area contributed by atoms with Crippen molar-refractivity contribution in [2.75, 3.05) is 6.54 Å². The van der Waals surface area contributed by atoms with Crippen LogP contribution >= 0.6 is 0 Å². The lowest BCUT2D eigenvalue weighted by Crippen LogP contribution is -2.43. The van der Waals surface area contributed by atoms with Crippen molar-refractivity contribution < 1.29 is 14.3 Å². The molecule has 0 bridgehead atoms. The number of nitrogens with two attached hydrogens (primary N) is 1. The van der Waals surface area contributed by atoms with Gasteiger partial charge in [-0.1, -0.05) is 47.5 Å². The van der Waals surface area contributed by atoms with E-state index in [1.807, 2.05) is 6.92 Å². The Labute approximate surface area is 159 Å². The molecule has 1 amide bonds. The van der Waals surface area contributed by atoms with E-state index in [2.05, 4.69) is 33.0 Å². The number of amides is 1. The standard InChI is InChI=1S/C21H40N2O3/c1-6-8-16(13-23-18(7-2)21(22)25)12-20(24)26-19-11-15(5)9-10-17(19)14(3)4/h14-19,23H,6-13H2,1-5H3,(H2,22,25)/t15?,16-,17+,18+,19-/m1/s1. The molecule has 1 fully saturated rings. The minimum atomic E-state index is -0.332. The summed E-state index contributed by atoms with van der Waals surface area (Å²) in [5.74, 6) is 1.38. The SMILES string of the molecule is CCC[C@@H](CN[C@@H](CC)C(N)=O)CC(=O)O[C@@H]1CC(C)CC[C@H]1C(C)C. The molecule has 3 N–H and O–H groups in total. The fourth-order valence-electron chi connectivity index (χ4n) is 4.14. The zero-order valence-electron chi connectivity index (χ0n) is 17.4. The quantitative estimate of drug-likeness (QED) is 0.545. The molecule has 0 aromatic rings. The van der Waals surface area contributed by atoms with Crippen molar-refractivity contribution in [3.63, 3.8) is 0 Å². The molecule has 0 aliphatic heterocycles. The van der Waals surface area contributed by atoms with Crippen molar-refractivity contribution in [1.29, 1.82) is 0 Å². The third-order valence-electron chi connectivity index (χ3n) is 5.80. The second-order valence-electron chi connectivity index (χ2n) is 8.48.